The number of benzene rings is 1. The first-order valence-corrected chi connectivity index (χ1v) is 6.68. The number of hydrogen-bond donors (Lipinski definition) is 1. The zero-order valence-electron chi connectivity index (χ0n) is 10.5. The van der Waals surface area contributed by atoms with Crippen molar-refractivity contribution in [3.05, 3.63) is 53.9 Å². The van der Waals surface area contributed by atoms with Gasteiger partial charge in [0.25, 0.3) is 0 Å². The molecule has 2 N–H and O–H groups in total. The van der Waals surface area contributed by atoms with Crippen LogP contribution in [0.25, 0.3) is 0 Å². The molecule has 94 valence electrons. The molecule has 1 atom stereocenters. The van der Waals surface area contributed by atoms with E-state index in [1.165, 1.54) is 24.1 Å². The van der Waals surface area contributed by atoms with Gasteiger partial charge in [0.1, 0.15) is 0 Å². The van der Waals surface area contributed by atoms with Gasteiger partial charge in [0, 0.05) is 12.1 Å². The Morgan fingerprint density at radius 3 is 2.67 bits per heavy atom. The van der Waals surface area contributed by atoms with Crippen molar-refractivity contribution in [2.24, 2.45) is 5.73 Å². The maximum atomic E-state index is 5.74. The summed E-state index contributed by atoms with van der Waals surface area (Å²) < 4.78 is 2.08. The Morgan fingerprint density at radius 2 is 2.00 bits per heavy atom. The average Bonchev–Trinajstić information content (AvgIpc) is 3.16. The molecule has 1 aromatic heterocycles. The molecule has 0 amide bonds. The Kier molecular flexibility index (Phi) is 3.15. The molecular weight excluding hydrogens is 222 g/mol. The molecule has 3 heteroatoms. The van der Waals surface area contributed by atoms with E-state index in [1.807, 2.05) is 6.07 Å². The third kappa shape index (κ3) is 2.31. The van der Waals surface area contributed by atoms with E-state index in [-0.39, 0.29) is 6.04 Å². The van der Waals surface area contributed by atoms with Crippen LogP contribution in [0.5, 0.6) is 0 Å². The van der Waals surface area contributed by atoms with E-state index in [9.17, 15) is 0 Å². The van der Waals surface area contributed by atoms with Crippen molar-refractivity contribution in [1.82, 2.24) is 9.78 Å². The Hall–Kier alpha value is -1.61. The van der Waals surface area contributed by atoms with Crippen molar-refractivity contribution in [2.75, 3.05) is 6.54 Å². The first kappa shape index (κ1) is 11.5. The molecule has 1 fully saturated rings. The minimum Gasteiger partial charge on any atom is -0.330 e. The summed E-state index contributed by atoms with van der Waals surface area (Å²) in [4.78, 5) is 0. The van der Waals surface area contributed by atoms with Crippen LogP contribution in [-0.2, 0) is 0 Å². The molecule has 1 heterocycles. The summed E-state index contributed by atoms with van der Waals surface area (Å²) in [6.07, 6.45) is 5.62. The number of hydrogen-bond acceptors (Lipinski definition) is 2. The number of aromatic nitrogens is 2. The monoisotopic (exact) mass is 241 g/mol. The summed E-state index contributed by atoms with van der Waals surface area (Å²) in [6.45, 7) is 0.679. The van der Waals surface area contributed by atoms with E-state index in [0.717, 1.165) is 6.42 Å². The van der Waals surface area contributed by atoms with E-state index in [1.54, 1.807) is 0 Å². The Bertz CT molecular complexity index is 499. The summed E-state index contributed by atoms with van der Waals surface area (Å²) in [7, 11) is 0. The molecule has 1 aliphatic rings. The second kappa shape index (κ2) is 4.94. The van der Waals surface area contributed by atoms with Crippen LogP contribution < -0.4 is 5.73 Å². The second-order valence-corrected chi connectivity index (χ2v) is 5.00. The van der Waals surface area contributed by atoms with Gasteiger partial charge in [0.2, 0.25) is 0 Å². The van der Waals surface area contributed by atoms with Crippen LogP contribution in [0.3, 0.4) is 0 Å². The molecule has 1 aliphatic carbocycles. The molecule has 3 nitrogen and oxygen atoms in total. The van der Waals surface area contributed by atoms with Gasteiger partial charge in [-0.25, -0.2) is 0 Å². The van der Waals surface area contributed by atoms with Gasteiger partial charge in [0.15, 0.2) is 0 Å². The van der Waals surface area contributed by atoms with Gasteiger partial charge in [-0.1, -0.05) is 30.3 Å². The van der Waals surface area contributed by atoms with Crippen molar-refractivity contribution in [1.29, 1.82) is 0 Å². The third-order valence-corrected chi connectivity index (χ3v) is 3.57. The van der Waals surface area contributed by atoms with Crippen LogP contribution in [0.4, 0.5) is 0 Å². The van der Waals surface area contributed by atoms with E-state index in [0.29, 0.717) is 12.5 Å². The highest BCUT2D eigenvalue weighted by Gasteiger charge is 2.26. The van der Waals surface area contributed by atoms with Crippen molar-refractivity contribution >= 4 is 0 Å². The van der Waals surface area contributed by atoms with E-state index in [2.05, 4.69) is 41.2 Å². The first-order valence-electron chi connectivity index (χ1n) is 6.68. The summed E-state index contributed by atoms with van der Waals surface area (Å²) in [5.41, 5.74) is 8.27. The molecule has 1 aromatic carbocycles. The lowest BCUT2D eigenvalue weighted by Gasteiger charge is -2.17. The molecule has 18 heavy (non-hydrogen) atoms. The van der Waals surface area contributed by atoms with Crippen LogP contribution >= 0.6 is 0 Å². The topological polar surface area (TPSA) is 43.8 Å². The zero-order valence-corrected chi connectivity index (χ0v) is 10.5. The van der Waals surface area contributed by atoms with Gasteiger partial charge in [-0.15, -0.1) is 0 Å². The SMILES string of the molecule is NCCC(c1ccccc1)n1ccc(C2CC2)n1. The van der Waals surface area contributed by atoms with Crippen molar-refractivity contribution < 1.29 is 0 Å². The standard InChI is InChI=1S/C15H19N3/c16-10-8-15(13-4-2-1-3-5-13)18-11-9-14(17-18)12-6-7-12/h1-5,9,11-12,15H,6-8,10,16H2. The highest BCUT2D eigenvalue weighted by atomic mass is 15.3. The Labute approximate surface area is 108 Å². The third-order valence-electron chi connectivity index (χ3n) is 3.57. The average molecular weight is 241 g/mol. The van der Waals surface area contributed by atoms with Gasteiger partial charge in [-0.2, -0.15) is 5.10 Å². The summed E-state index contributed by atoms with van der Waals surface area (Å²) in [5, 5.41) is 4.73. The van der Waals surface area contributed by atoms with Crippen molar-refractivity contribution in [3.8, 4) is 0 Å². The normalized spacial score (nSPS) is 16.7. The van der Waals surface area contributed by atoms with Crippen LogP contribution in [0, 0.1) is 0 Å². The van der Waals surface area contributed by atoms with E-state index in [4.69, 9.17) is 10.8 Å². The molecule has 1 saturated carbocycles. The molecule has 0 radical (unpaired) electrons. The maximum absolute atomic E-state index is 5.74. The minimum atomic E-state index is 0.267. The molecule has 0 bridgehead atoms. The van der Waals surface area contributed by atoms with E-state index < -0.39 is 0 Å². The fourth-order valence-corrected chi connectivity index (χ4v) is 2.41. The summed E-state index contributed by atoms with van der Waals surface area (Å²) in [5.74, 6) is 0.709. The summed E-state index contributed by atoms with van der Waals surface area (Å²) in [6, 6.07) is 12.9. The molecule has 0 saturated heterocycles. The van der Waals surface area contributed by atoms with Crippen molar-refractivity contribution in [3.63, 3.8) is 0 Å². The Morgan fingerprint density at radius 1 is 1.22 bits per heavy atom. The number of rotatable bonds is 5. The fraction of sp³-hybridized carbons (Fsp3) is 0.400. The predicted octanol–water partition coefficient (Wildman–Crippen LogP) is 2.70. The van der Waals surface area contributed by atoms with Crippen LogP contribution in [0.1, 0.15) is 42.5 Å². The Balaban J connectivity index is 1.88. The molecule has 1 unspecified atom stereocenters. The second-order valence-electron chi connectivity index (χ2n) is 5.00. The zero-order chi connectivity index (χ0) is 12.4. The van der Waals surface area contributed by atoms with Crippen LogP contribution in [0.2, 0.25) is 0 Å². The van der Waals surface area contributed by atoms with Gasteiger partial charge in [-0.3, -0.25) is 4.68 Å². The largest absolute Gasteiger partial charge is 0.330 e. The lowest BCUT2D eigenvalue weighted by atomic mass is 10.0. The highest BCUT2D eigenvalue weighted by Crippen LogP contribution is 2.39. The minimum absolute atomic E-state index is 0.267. The quantitative estimate of drug-likeness (QED) is 0.874. The fourth-order valence-electron chi connectivity index (χ4n) is 2.41. The van der Waals surface area contributed by atoms with E-state index >= 15 is 0 Å². The predicted molar refractivity (Wildman–Crippen MR) is 72.5 cm³/mol. The van der Waals surface area contributed by atoms with Gasteiger partial charge in [0.05, 0.1) is 11.7 Å². The molecule has 2 aromatic rings. The molecular formula is C15H19N3. The smallest absolute Gasteiger partial charge is 0.0780 e. The van der Waals surface area contributed by atoms with Crippen LogP contribution in [0.15, 0.2) is 42.6 Å². The maximum Gasteiger partial charge on any atom is 0.0780 e. The summed E-state index contributed by atoms with van der Waals surface area (Å²) >= 11 is 0. The number of nitrogens with zero attached hydrogens (tertiary/aromatic N) is 2. The first-order chi connectivity index (χ1) is 8.88. The lowest BCUT2D eigenvalue weighted by Crippen LogP contribution is -2.16. The molecule has 0 spiro atoms. The van der Waals surface area contributed by atoms with Gasteiger partial charge >= 0.3 is 0 Å². The number of nitrogens with two attached hydrogens (primary N) is 1. The van der Waals surface area contributed by atoms with Crippen molar-refractivity contribution in [2.45, 2.75) is 31.2 Å². The van der Waals surface area contributed by atoms with Crippen LogP contribution in [-0.4, -0.2) is 16.3 Å². The highest BCUT2D eigenvalue weighted by molar-refractivity contribution is 5.21. The van der Waals surface area contributed by atoms with Gasteiger partial charge < -0.3 is 5.73 Å². The molecule has 3 rings (SSSR count). The molecule has 0 aliphatic heterocycles. The van der Waals surface area contributed by atoms with Gasteiger partial charge in [-0.05, 0) is 37.4 Å². The lowest BCUT2D eigenvalue weighted by molar-refractivity contribution is 0.491.